The zero-order valence-corrected chi connectivity index (χ0v) is 21.4. The molecule has 1 N–H and O–H groups in total. The van der Waals surface area contributed by atoms with Crippen molar-refractivity contribution in [1.29, 1.82) is 0 Å². The molecule has 0 saturated heterocycles. The number of nitrogens with zero attached hydrogens (tertiary/aromatic N) is 1. The van der Waals surface area contributed by atoms with Gasteiger partial charge in [-0.1, -0.05) is 51.7 Å². The minimum Gasteiger partial charge on any atom is -0.508 e. The summed E-state index contributed by atoms with van der Waals surface area (Å²) in [6.07, 6.45) is 8.32. The zero-order valence-electron chi connectivity index (χ0n) is 20.6. The van der Waals surface area contributed by atoms with Crippen molar-refractivity contribution in [2.24, 2.45) is 10.8 Å². The van der Waals surface area contributed by atoms with Gasteiger partial charge >= 0.3 is 0 Å². The summed E-state index contributed by atoms with van der Waals surface area (Å²) in [5.74, 6) is 0.512. The lowest BCUT2D eigenvalue weighted by Gasteiger charge is -2.45. The van der Waals surface area contributed by atoms with E-state index in [0.717, 1.165) is 68.2 Å². The molecule has 2 aliphatic rings. The molecule has 1 saturated carbocycles. The van der Waals surface area contributed by atoms with E-state index in [4.69, 9.17) is 0 Å². The van der Waals surface area contributed by atoms with E-state index in [1.54, 1.807) is 12.1 Å². The van der Waals surface area contributed by atoms with E-state index in [1.807, 2.05) is 43.3 Å². The van der Waals surface area contributed by atoms with E-state index in [-0.39, 0.29) is 28.3 Å². The Labute approximate surface area is 199 Å². The first-order valence-corrected chi connectivity index (χ1v) is 14.2. The van der Waals surface area contributed by atoms with Crippen LogP contribution in [-0.2, 0) is 9.84 Å². The Morgan fingerprint density at radius 1 is 0.970 bits per heavy atom. The van der Waals surface area contributed by atoms with Crippen LogP contribution < -0.4 is 4.90 Å². The highest BCUT2D eigenvalue weighted by Crippen LogP contribution is 2.72. The van der Waals surface area contributed by atoms with Crippen LogP contribution in [-0.4, -0.2) is 33.4 Å². The summed E-state index contributed by atoms with van der Waals surface area (Å²) >= 11 is 0. The molecule has 0 radical (unpaired) electrons. The van der Waals surface area contributed by atoms with Gasteiger partial charge in [0.15, 0.2) is 9.84 Å². The number of unbranched alkanes of at least 4 members (excludes halogenated alkanes) is 2. The van der Waals surface area contributed by atoms with E-state index in [1.165, 1.54) is 0 Å². The average molecular weight is 470 g/mol. The van der Waals surface area contributed by atoms with Crippen LogP contribution in [0, 0.1) is 10.8 Å². The molecule has 0 bridgehead atoms. The molecule has 0 aromatic heterocycles. The SMILES string of the molecule is CCCCC1(CCCC)CS(=O)(=O)c2ccc(N(C)C)cc2C(c2ccc(O)cc2)C12CC2. The summed E-state index contributed by atoms with van der Waals surface area (Å²) in [6.45, 7) is 4.40. The number of phenols is 1. The zero-order chi connectivity index (χ0) is 23.9. The van der Waals surface area contributed by atoms with Crippen molar-refractivity contribution in [3.8, 4) is 5.75 Å². The van der Waals surface area contributed by atoms with Gasteiger partial charge in [0, 0.05) is 25.7 Å². The molecule has 5 heteroatoms. The summed E-state index contributed by atoms with van der Waals surface area (Å²) in [4.78, 5) is 2.56. The molecule has 1 fully saturated rings. The highest BCUT2D eigenvalue weighted by Gasteiger charge is 2.65. The van der Waals surface area contributed by atoms with Gasteiger partial charge in [-0.25, -0.2) is 8.42 Å². The minimum absolute atomic E-state index is 0.0130. The number of hydrogen-bond donors (Lipinski definition) is 1. The van der Waals surface area contributed by atoms with E-state index >= 15 is 0 Å². The number of hydrogen-bond acceptors (Lipinski definition) is 4. The standard InChI is InChI=1S/C28H39NO3S/c1-5-7-15-27(16-8-6-2)20-33(31,32)25-14-11-22(29(3)4)19-24(25)26(28(27)17-18-28)21-9-12-23(30)13-10-21/h9-14,19,26,30H,5-8,15-18,20H2,1-4H3. The molecule has 1 atom stereocenters. The van der Waals surface area contributed by atoms with E-state index in [0.29, 0.717) is 4.90 Å². The van der Waals surface area contributed by atoms with E-state index < -0.39 is 9.84 Å². The largest absolute Gasteiger partial charge is 0.508 e. The molecule has 4 rings (SSSR count). The Bertz CT molecular complexity index is 1080. The highest BCUT2D eigenvalue weighted by atomic mass is 32.2. The summed E-state index contributed by atoms with van der Waals surface area (Å²) in [6, 6.07) is 13.4. The first-order chi connectivity index (χ1) is 15.7. The van der Waals surface area contributed by atoms with Gasteiger partial charge in [0.05, 0.1) is 10.6 Å². The average Bonchev–Trinajstić information content (AvgIpc) is 3.59. The van der Waals surface area contributed by atoms with Crippen LogP contribution in [0.4, 0.5) is 5.69 Å². The van der Waals surface area contributed by atoms with E-state index in [9.17, 15) is 13.5 Å². The molecule has 1 aliphatic carbocycles. The van der Waals surface area contributed by atoms with E-state index in [2.05, 4.69) is 19.9 Å². The smallest absolute Gasteiger partial charge is 0.179 e. The minimum atomic E-state index is -3.44. The van der Waals surface area contributed by atoms with Gasteiger partial charge in [-0.15, -0.1) is 0 Å². The van der Waals surface area contributed by atoms with Gasteiger partial charge in [-0.2, -0.15) is 0 Å². The second-order valence-electron chi connectivity index (χ2n) is 10.5. The lowest BCUT2D eigenvalue weighted by Crippen LogP contribution is -2.40. The van der Waals surface area contributed by atoms with Crippen LogP contribution in [0.2, 0.25) is 0 Å². The van der Waals surface area contributed by atoms with Gasteiger partial charge in [-0.05, 0) is 78.0 Å². The third-order valence-corrected chi connectivity index (χ3v) is 10.2. The van der Waals surface area contributed by atoms with Crippen molar-refractivity contribution in [3.05, 3.63) is 53.6 Å². The predicted octanol–water partition coefficient (Wildman–Crippen LogP) is 6.52. The molecule has 2 aromatic rings. The molecule has 1 unspecified atom stereocenters. The Hall–Kier alpha value is -2.01. The van der Waals surface area contributed by atoms with Crippen LogP contribution in [0.5, 0.6) is 5.75 Å². The quantitative estimate of drug-likeness (QED) is 0.478. The van der Waals surface area contributed by atoms with Crippen LogP contribution >= 0.6 is 0 Å². The molecule has 33 heavy (non-hydrogen) atoms. The number of fused-ring (bicyclic) bond motifs is 1. The van der Waals surface area contributed by atoms with Crippen LogP contribution in [0.25, 0.3) is 0 Å². The fourth-order valence-electron chi connectivity index (χ4n) is 6.43. The lowest BCUT2D eigenvalue weighted by molar-refractivity contribution is 0.111. The van der Waals surface area contributed by atoms with Crippen LogP contribution in [0.15, 0.2) is 47.4 Å². The Morgan fingerprint density at radius 2 is 1.58 bits per heavy atom. The number of sulfone groups is 1. The number of benzene rings is 2. The normalized spacial score (nSPS) is 21.9. The van der Waals surface area contributed by atoms with Gasteiger partial charge in [0.25, 0.3) is 0 Å². The van der Waals surface area contributed by atoms with Gasteiger partial charge in [0.1, 0.15) is 5.75 Å². The maximum Gasteiger partial charge on any atom is 0.179 e. The number of anilines is 1. The van der Waals surface area contributed by atoms with Gasteiger partial charge < -0.3 is 10.0 Å². The number of rotatable bonds is 8. The molecule has 1 spiro atoms. The van der Waals surface area contributed by atoms with Crippen LogP contribution in [0.1, 0.15) is 82.3 Å². The van der Waals surface area contributed by atoms with Crippen molar-refractivity contribution < 1.29 is 13.5 Å². The molecule has 4 nitrogen and oxygen atoms in total. The van der Waals surface area contributed by atoms with Crippen molar-refractivity contribution in [1.82, 2.24) is 0 Å². The monoisotopic (exact) mass is 469 g/mol. The molecule has 0 amide bonds. The molecule has 1 heterocycles. The number of phenolic OH excluding ortho intramolecular Hbond substituents is 1. The first kappa shape index (κ1) is 24.1. The Balaban J connectivity index is 2.01. The Morgan fingerprint density at radius 3 is 2.09 bits per heavy atom. The number of aromatic hydroxyl groups is 1. The fourth-order valence-corrected chi connectivity index (χ4v) is 8.70. The van der Waals surface area contributed by atoms with Gasteiger partial charge in [0.2, 0.25) is 0 Å². The van der Waals surface area contributed by atoms with Crippen molar-refractivity contribution in [3.63, 3.8) is 0 Å². The van der Waals surface area contributed by atoms with Gasteiger partial charge in [-0.3, -0.25) is 0 Å². The summed E-state index contributed by atoms with van der Waals surface area (Å²) in [7, 11) is 0.567. The van der Waals surface area contributed by atoms with Crippen LogP contribution in [0.3, 0.4) is 0 Å². The first-order valence-electron chi connectivity index (χ1n) is 12.5. The van der Waals surface area contributed by atoms with Crippen molar-refractivity contribution in [2.75, 3.05) is 24.7 Å². The predicted molar refractivity (Wildman–Crippen MR) is 136 cm³/mol. The van der Waals surface area contributed by atoms with Crippen molar-refractivity contribution in [2.45, 2.75) is 76.0 Å². The maximum absolute atomic E-state index is 14.0. The Kier molecular flexibility index (Phi) is 6.56. The third-order valence-electron chi connectivity index (χ3n) is 8.26. The molecular formula is C28H39NO3S. The topological polar surface area (TPSA) is 57.6 Å². The van der Waals surface area contributed by atoms with Crippen molar-refractivity contribution >= 4 is 15.5 Å². The molecule has 1 aliphatic heterocycles. The summed E-state index contributed by atoms with van der Waals surface area (Å²) in [5.41, 5.74) is 2.81. The summed E-state index contributed by atoms with van der Waals surface area (Å²) < 4.78 is 28.0. The maximum atomic E-state index is 14.0. The molecule has 2 aromatic carbocycles. The second-order valence-corrected chi connectivity index (χ2v) is 12.5. The lowest BCUT2D eigenvalue weighted by atomic mass is 9.59. The third kappa shape index (κ3) is 4.18. The molecule has 180 valence electrons. The highest BCUT2D eigenvalue weighted by molar-refractivity contribution is 7.91. The molecular weight excluding hydrogens is 430 g/mol. The second kappa shape index (κ2) is 8.98. The summed E-state index contributed by atoms with van der Waals surface area (Å²) in [5, 5.41) is 9.98. The fraction of sp³-hybridized carbons (Fsp3) is 0.571.